The molecule has 1 heterocycles. The number of hydrogen-bond donors (Lipinski definition) is 6. The van der Waals surface area contributed by atoms with Gasteiger partial charge in [-0.05, 0) is 64.5 Å². The van der Waals surface area contributed by atoms with Crippen LogP contribution >= 0.6 is 0 Å². The molecule has 0 unspecified atom stereocenters. The van der Waals surface area contributed by atoms with Crippen LogP contribution in [0.3, 0.4) is 0 Å². The Labute approximate surface area is 205 Å². The van der Waals surface area contributed by atoms with Crippen LogP contribution in [0.15, 0.2) is 24.5 Å². The van der Waals surface area contributed by atoms with Gasteiger partial charge in [0.1, 0.15) is 23.7 Å². The van der Waals surface area contributed by atoms with E-state index in [1.165, 1.54) is 0 Å². The maximum absolute atomic E-state index is 13.1. The highest BCUT2D eigenvalue weighted by atomic mass is 16.6. The highest BCUT2D eigenvalue weighted by Crippen LogP contribution is 2.12. The van der Waals surface area contributed by atoms with Gasteiger partial charge in [0.05, 0.1) is 0 Å². The molecule has 196 valence electrons. The van der Waals surface area contributed by atoms with Gasteiger partial charge in [-0.15, -0.1) is 0 Å². The summed E-state index contributed by atoms with van der Waals surface area (Å²) in [4.78, 5) is 51.6. The number of esters is 1. The molecule has 0 aromatic carbocycles. The van der Waals surface area contributed by atoms with Crippen LogP contribution in [0.2, 0.25) is 0 Å². The molecule has 35 heavy (non-hydrogen) atoms. The summed E-state index contributed by atoms with van der Waals surface area (Å²) in [6, 6.07) is 0.684. The molecule has 12 heteroatoms. The lowest BCUT2D eigenvalue weighted by atomic mass is 10.1. The van der Waals surface area contributed by atoms with Gasteiger partial charge in [-0.1, -0.05) is 6.07 Å². The van der Waals surface area contributed by atoms with Gasteiger partial charge in [-0.25, -0.2) is 10.2 Å². The van der Waals surface area contributed by atoms with Crippen LogP contribution in [0.4, 0.5) is 0 Å². The number of pyridine rings is 1. The minimum absolute atomic E-state index is 0.118. The Morgan fingerprint density at radius 1 is 1.11 bits per heavy atom. The smallest absolute Gasteiger partial charge is 0.329 e. The number of hydrazine groups is 1. The molecule has 0 saturated carbocycles. The van der Waals surface area contributed by atoms with Crippen LogP contribution < -0.4 is 21.9 Å². The minimum Gasteiger partial charge on any atom is -0.481 e. The van der Waals surface area contributed by atoms with Gasteiger partial charge in [-0.3, -0.25) is 24.8 Å². The molecule has 1 aromatic rings. The van der Waals surface area contributed by atoms with E-state index in [2.05, 4.69) is 21.2 Å². The van der Waals surface area contributed by atoms with Crippen molar-refractivity contribution in [3.8, 4) is 0 Å². The molecule has 7 N–H and O–H groups in total. The van der Waals surface area contributed by atoms with Gasteiger partial charge >= 0.3 is 17.9 Å². The molecule has 0 aliphatic rings. The number of hydrogen-bond acceptors (Lipinski definition) is 9. The number of ether oxygens (including phenoxy) is 1. The lowest BCUT2D eigenvalue weighted by Gasteiger charge is -2.26. The Kier molecular flexibility index (Phi) is 12.8. The largest absolute Gasteiger partial charge is 0.481 e. The standard InChI is InChI=1S/C23H37N5O7/c1-23(2,3)35-22(34)17(9-10-19(29)30)27-20(31)18(13-15-7-6-11-25-14-15)28-26-12-5-4-8-16(24)21(32)33/h6-7,11,14,16-18,26,28H,4-5,8-10,12-13,24H2,1-3H3,(H,27,31)(H,29,30)(H,32,33)/t16-,17-,18-/m0/s1. The van der Waals surface area contributed by atoms with Crippen molar-refractivity contribution in [2.45, 2.75) is 83.0 Å². The first-order valence-corrected chi connectivity index (χ1v) is 11.5. The quantitative estimate of drug-likeness (QED) is 0.105. The predicted octanol–water partition coefficient (Wildman–Crippen LogP) is 0.360. The second kappa shape index (κ2) is 15.0. The molecule has 0 spiro atoms. The van der Waals surface area contributed by atoms with Gasteiger partial charge in [0.25, 0.3) is 0 Å². The number of aliphatic carboxylic acids is 2. The second-order valence-electron chi connectivity index (χ2n) is 9.16. The number of rotatable bonds is 16. The summed E-state index contributed by atoms with van der Waals surface area (Å²) in [6.07, 6.45) is 4.57. The van der Waals surface area contributed by atoms with Gasteiger partial charge < -0.3 is 26.0 Å². The average Bonchev–Trinajstić information content (AvgIpc) is 2.76. The summed E-state index contributed by atoms with van der Waals surface area (Å²) >= 11 is 0. The fourth-order valence-corrected chi connectivity index (χ4v) is 3.02. The van der Waals surface area contributed by atoms with Crippen LogP contribution in [-0.2, 0) is 30.3 Å². The van der Waals surface area contributed by atoms with Crippen LogP contribution in [0.25, 0.3) is 0 Å². The van der Waals surface area contributed by atoms with Crippen molar-refractivity contribution in [3.63, 3.8) is 0 Å². The molecule has 1 aromatic heterocycles. The first-order chi connectivity index (χ1) is 16.4. The van der Waals surface area contributed by atoms with E-state index in [1.807, 2.05) is 0 Å². The molecule has 1 amide bonds. The normalized spacial score (nSPS) is 13.9. The van der Waals surface area contributed by atoms with Crippen molar-refractivity contribution in [2.24, 2.45) is 5.73 Å². The number of aromatic nitrogens is 1. The monoisotopic (exact) mass is 495 g/mol. The highest BCUT2D eigenvalue weighted by molar-refractivity contribution is 5.88. The first-order valence-electron chi connectivity index (χ1n) is 11.5. The number of nitrogens with one attached hydrogen (secondary N) is 3. The summed E-state index contributed by atoms with van der Waals surface area (Å²) in [5.41, 5.74) is 11.3. The van der Waals surface area contributed by atoms with E-state index in [9.17, 15) is 19.2 Å². The summed E-state index contributed by atoms with van der Waals surface area (Å²) in [6.45, 7) is 5.49. The van der Waals surface area contributed by atoms with Crippen LogP contribution in [0, 0.1) is 0 Å². The van der Waals surface area contributed by atoms with E-state index in [0.717, 1.165) is 5.56 Å². The predicted molar refractivity (Wildman–Crippen MR) is 127 cm³/mol. The van der Waals surface area contributed by atoms with E-state index >= 15 is 0 Å². The van der Waals surface area contributed by atoms with E-state index in [1.54, 1.807) is 45.3 Å². The fraction of sp³-hybridized carbons (Fsp3) is 0.609. The molecule has 3 atom stereocenters. The Bertz CT molecular complexity index is 829. The van der Waals surface area contributed by atoms with E-state index in [0.29, 0.717) is 25.8 Å². The third-order valence-corrected chi connectivity index (χ3v) is 4.79. The van der Waals surface area contributed by atoms with Crippen molar-refractivity contribution in [1.29, 1.82) is 0 Å². The van der Waals surface area contributed by atoms with Gasteiger partial charge in [0.2, 0.25) is 5.91 Å². The molecular weight excluding hydrogens is 458 g/mol. The third-order valence-electron chi connectivity index (χ3n) is 4.79. The summed E-state index contributed by atoms with van der Waals surface area (Å²) in [7, 11) is 0. The van der Waals surface area contributed by atoms with Gasteiger partial charge in [0, 0.05) is 25.4 Å². The fourth-order valence-electron chi connectivity index (χ4n) is 3.02. The lowest BCUT2D eigenvalue weighted by molar-refractivity contribution is -0.159. The zero-order chi connectivity index (χ0) is 26.4. The SMILES string of the molecule is CC(C)(C)OC(=O)[C@H](CCC(=O)O)NC(=O)[C@H](Cc1cccnc1)NNCCCC[C@H](N)C(=O)O. The first kappa shape index (κ1) is 29.9. The molecule has 0 fully saturated rings. The van der Waals surface area contributed by atoms with Crippen LogP contribution in [0.1, 0.15) is 58.4 Å². The topological polar surface area (TPSA) is 193 Å². The van der Waals surface area contributed by atoms with E-state index in [4.69, 9.17) is 20.7 Å². The molecule has 0 saturated heterocycles. The Hall–Kier alpha value is -3.09. The molecule has 0 bridgehead atoms. The highest BCUT2D eigenvalue weighted by Gasteiger charge is 2.30. The van der Waals surface area contributed by atoms with Crippen molar-refractivity contribution in [2.75, 3.05) is 6.54 Å². The number of amides is 1. The maximum atomic E-state index is 13.1. The number of carboxylic acid groups (broad SMARTS) is 2. The number of nitrogens with two attached hydrogens (primary N) is 1. The van der Waals surface area contributed by atoms with Crippen LogP contribution in [0.5, 0.6) is 0 Å². The summed E-state index contributed by atoms with van der Waals surface area (Å²) in [5.74, 6) is -3.38. The number of nitrogens with zero attached hydrogens (tertiary/aromatic N) is 1. The minimum atomic E-state index is -1.13. The number of unbranched alkanes of at least 4 members (excludes halogenated alkanes) is 1. The summed E-state index contributed by atoms with van der Waals surface area (Å²) in [5, 5.41) is 20.5. The van der Waals surface area contributed by atoms with Gasteiger partial charge in [0.15, 0.2) is 0 Å². The van der Waals surface area contributed by atoms with Gasteiger partial charge in [-0.2, -0.15) is 0 Å². The van der Waals surface area contributed by atoms with Crippen LogP contribution in [-0.4, -0.2) is 69.3 Å². The zero-order valence-electron chi connectivity index (χ0n) is 20.5. The Morgan fingerprint density at radius 2 is 1.83 bits per heavy atom. The molecule has 12 nitrogen and oxygen atoms in total. The Morgan fingerprint density at radius 3 is 2.40 bits per heavy atom. The van der Waals surface area contributed by atoms with Crippen molar-refractivity contribution in [3.05, 3.63) is 30.1 Å². The molecule has 1 rings (SSSR count). The molecule has 0 aliphatic carbocycles. The number of carboxylic acids is 2. The zero-order valence-corrected chi connectivity index (χ0v) is 20.5. The average molecular weight is 496 g/mol. The van der Waals surface area contributed by atoms with E-state index < -0.39 is 47.5 Å². The number of carbonyl (C=O) groups is 4. The lowest BCUT2D eigenvalue weighted by Crippen LogP contribution is -2.55. The molecular formula is C23H37N5O7. The molecule has 0 radical (unpaired) electrons. The third kappa shape index (κ3) is 13.4. The van der Waals surface area contributed by atoms with Crippen molar-refractivity contribution in [1.82, 2.24) is 21.2 Å². The van der Waals surface area contributed by atoms with Crippen molar-refractivity contribution < 1.29 is 34.1 Å². The maximum Gasteiger partial charge on any atom is 0.329 e. The number of carbonyl (C=O) groups excluding carboxylic acids is 2. The Balaban J connectivity index is 2.80. The molecule has 0 aliphatic heterocycles. The second-order valence-corrected chi connectivity index (χ2v) is 9.16. The summed E-state index contributed by atoms with van der Waals surface area (Å²) < 4.78 is 5.35. The van der Waals surface area contributed by atoms with E-state index in [-0.39, 0.29) is 19.3 Å². The van der Waals surface area contributed by atoms with Crippen molar-refractivity contribution >= 4 is 23.8 Å².